The third-order valence-electron chi connectivity index (χ3n) is 5.60. The Morgan fingerprint density at radius 3 is 2.40 bits per heavy atom. The van der Waals surface area contributed by atoms with Crippen molar-refractivity contribution < 1.29 is 19.4 Å². The van der Waals surface area contributed by atoms with Gasteiger partial charge in [0.1, 0.15) is 11.5 Å². The lowest BCUT2D eigenvalue weighted by Gasteiger charge is -2.30. The van der Waals surface area contributed by atoms with E-state index in [0.29, 0.717) is 44.1 Å². The second-order valence-electron chi connectivity index (χ2n) is 8.19. The fourth-order valence-corrected chi connectivity index (χ4v) is 3.57. The van der Waals surface area contributed by atoms with Crippen molar-refractivity contribution in [3.05, 3.63) is 59.2 Å². The Labute approximate surface area is 177 Å². The minimum absolute atomic E-state index is 0.00183. The van der Waals surface area contributed by atoms with Gasteiger partial charge in [-0.25, -0.2) is 4.79 Å². The van der Waals surface area contributed by atoms with Crippen LogP contribution in [-0.4, -0.2) is 35.1 Å². The molecule has 1 fully saturated rings. The van der Waals surface area contributed by atoms with E-state index in [0.717, 1.165) is 11.1 Å². The Balaban J connectivity index is 1.44. The van der Waals surface area contributed by atoms with E-state index in [4.69, 9.17) is 4.74 Å². The summed E-state index contributed by atoms with van der Waals surface area (Å²) >= 11 is 0. The number of piperidine rings is 1. The average Bonchev–Trinajstić information content (AvgIpc) is 2.74. The lowest BCUT2D eigenvalue weighted by molar-refractivity contribution is -0.126. The molecule has 0 saturated carbocycles. The average molecular weight is 411 g/mol. The van der Waals surface area contributed by atoms with Crippen LogP contribution in [0.5, 0.6) is 11.5 Å². The largest absolute Gasteiger partial charge is 0.508 e. The topological polar surface area (TPSA) is 78.9 Å². The van der Waals surface area contributed by atoms with Crippen LogP contribution in [-0.2, 0) is 11.3 Å². The van der Waals surface area contributed by atoms with Crippen LogP contribution in [0.4, 0.5) is 4.79 Å². The molecule has 3 rings (SSSR count). The van der Waals surface area contributed by atoms with Gasteiger partial charge in [0.05, 0.1) is 0 Å². The number of rotatable bonds is 5. The maximum atomic E-state index is 12.5. The summed E-state index contributed by atoms with van der Waals surface area (Å²) in [5.74, 6) is 1.10. The van der Waals surface area contributed by atoms with Crippen LogP contribution in [0.3, 0.4) is 0 Å². The summed E-state index contributed by atoms with van der Waals surface area (Å²) in [6.45, 7) is 7.49. The standard InChI is InChI=1S/C24H30N2O4/c1-16(2)19-5-7-21(8-6-19)30-24(29)26-12-10-20(11-13-26)23(28)25-15-18-4-9-22(27)17(3)14-18/h4-9,14,16,20,27H,10-13,15H2,1-3H3,(H,25,28). The van der Waals surface area contributed by atoms with Crippen LogP contribution in [0.2, 0.25) is 0 Å². The number of phenols is 1. The van der Waals surface area contributed by atoms with Crippen LogP contribution in [0.15, 0.2) is 42.5 Å². The lowest BCUT2D eigenvalue weighted by Crippen LogP contribution is -2.43. The first-order valence-corrected chi connectivity index (χ1v) is 10.5. The molecule has 160 valence electrons. The Morgan fingerprint density at radius 2 is 1.80 bits per heavy atom. The molecule has 0 atom stereocenters. The van der Waals surface area contributed by atoms with E-state index < -0.39 is 0 Å². The number of aryl methyl sites for hydroxylation is 1. The van der Waals surface area contributed by atoms with Crippen LogP contribution >= 0.6 is 0 Å². The van der Waals surface area contributed by atoms with Crippen LogP contribution < -0.4 is 10.1 Å². The second kappa shape index (κ2) is 9.65. The van der Waals surface area contributed by atoms with Gasteiger partial charge in [-0.15, -0.1) is 0 Å². The highest BCUT2D eigenvalue weighted by Gasteiger charge is 2.28. The molecule has 0 aromatic heterocycles. The van der Waals surface area contributed by atoms with Gasteiger partial charge in [0.25, 0.3) is 0 Å². The number of hydrogen-bond acceptors (Lipinski definition) is 4. The van der Waals surface area contributed by atoms with E-state index >= 15 is 0 Å². The van der Waals surface area contributed by atoms with Crippen molar-refractivity contribution in [2.75, 3.05) is 13.1 Å². The predicted octanol–water partition coefficient (Wildman–Crippen LogP) is 4.35. The third kappa shape index (κ3) is 5.53. The molecule has 1 aliphatic rings. The second-order valence-corrected chi connectivity index (χ2v) is 8.19. The number of likely N-dealkylation sites (tertiary alicyclic amines) is 1. The Morgan fingerprint density at radius 1 is 1.13 bits per heavy atom. The minimum Gasteiger partial charge on any atom is -0.508 e. The van der Waals surface area contributed by atoms with E-state index in [-0.39, 0.29) is 23.7 Å². The normalized spacial score (nSPS) is 14.6. The number of aromatic hydroxyl groups is 1. The van der Waals surface area contributed by atoms with Crippen LogP contribution in [0.25, 0.3) is 0 Å². The molecule has 2 aromatic rings. The van der Waals surface area contributed by atoms with Crippen molar-refractivity contribution in [1.29, 1.82) is 0 Å². The van der Waals surface area contributed by atoms with Crippen molar-refractivity contribution in [2.45, 2.75) is 46.1 Å². The third-order valence-corrected chi connectivity index (χ3v) is 5.60. The van der Waals surface area contributed by atoms with Crippen molar-refractivity contribution in [2.24, 2.45) is 5.92 Å². The molecule has 1 heterocycles. The molecule has 1 aliphatic heterocycles. The SMILES string of the molecule is Cc1cc(CNC(=O)C2CCN(C(=O)Oc3ccc(C(C)C)cc3)CC2)ccc1O. The summed E-state index contributed by atoms with van der Waals surface area (Å²) < 4.78 is 5.48. The van der Waals surface area contributed by atoms with E-state index in [1.807, 2.05) is 37.3 Å². The number of benzene rings is 2. The van der Waals surface area contributed by atoms with Gasteiger partial charge in [-0.05, 0) is 60.6 Å². The number of hydrogen-bond donors (Lipinski definition) is 2. The molecule has 30 heavy (non-hydrogen) atoms. The highest BCUT2D eigenvalue weighted by atomic mass is 16.6. The van der Waals surface area contributed by atoms with E-state index in [9.17, 15) is 14.7 Å². The zero-order valence-electron chi connectivity index (χ0n) is 17.9. The highest BCUT2D eigenvalue weighted by molar-refractivity contribution is 5.79. The van der Waals surface area contributed by atoms with Crippen molar-refractivity contribution in [3.63, 3.8) is 0 Å². The minimum atomic E-state index is -0.370. The van der Waals surface area contributed by atoms with Gasteiger partial charge >= 0.3 is 6.09 Å². The Kier molecular flexibility index (Phi) is 6.98. The quantitative estimate of drug-likeness (QED) is 0.768. The summed E-state index contributed by atoms with van der Waals surface area (Å²) in [5, 5.41) is 12.6. The van der Waals surface area contributed by atoms with Gasteiger partial charge in [0.15, 0.2) is 0 Å². The molecule has 0 unspecified atom stereocenters. The summed E-state index contributed by atoms with van der Waals surface area (Å²) in [6.07, 6.45) is 0.856. The summed E-state index contributed by atoms with van der Waals surface area (Å²) in [5.41, 5.74) is 2.93. The molecule has 2 amide bonds. The molecule has 2 N–H and O–H groups in total. The first kappa shape index (κ1) is 21.7. The van der Waals surface area contributed by atoms with E-state index in [1.54, 1.807) is 17.0 Å². The molecule has 1 saturated heterocycles. The van der Waals surface area contributed by atoms with Gasteiger partial charge in [0, 0.05) is 25.6 Å². The first-order chi connectivity index (χ1) is 14.3. The molecule has 0 aliphatic carbocycles. The molecular weight excluding hydrogens is 380 g/mol. The number of carbonyl (C=O) groups is 2. The van der Waals surface area contributed by atoms with Gasteiger partial charge in [-0.3, -0.25) is 4.79 Å². The maximum absolute atomic E-state index is 12.5. The molecule has 0 spiro atoms. The first-order valence-electron chi connectivity index (χ1n) is 10.5. The van der Waals surface area contributed by atoms with E-state index in [2.05, 4.69) is 19.2 Å². The number of nitrogens with zero attached hydrogens (tertiary/aromatic N) is 1. The maximum Gasteiger partial charge on any atom is 0.415 e. The predicted molar refractivity (Wildman–Crippen MR) is 116 cm³/mol. The fraction of sp³-hybridized carbons (Fsp3) is 0.417. The lowest BCUT2D eigenvalue weighted by atomic mass is 9.96. The van der Waals surface area contributed by atoms with Gasteiger partial charge < -0.3 is 20.1 Å². The number of nitrogens with one attached hydrogen (secondary N) is 1. The summed E-state index contributed by atoms with van der Waals surface area (Å²) in [7, 11) is 0. The molecule has 6 nitrogen and oxygen atoms in total. The summed E-state index contributed by atoms with van der Waals surface area (Å²) in [6, 6.07) is 12.9. The number of amides is 2. The summed E-state index contributed by atoms with van der Waals surface area (Å²) in [4.78, 5) is 26.6. The smallest absolute Gasteiger partial charge is 0.415 e. The monoisotopic (exact) mass is 410 g/mol. The molecule has 6 heteroatoms. The molecule has 0 radical (unpaired) electrons. The fourth-order valence-electron chi connectivity index (χ4n) is 3.57. The van der Waals surface area contributed by atoms with Gasteiger partial charge in [-0.1, -0.05) is 38.1 Å². The Hall–Kier alpha value is -3.02. The zero-order chi connectivity index (χ0) is 21.7. The molecule has 0 bridgehead atoms. The number of phenolic OH excluding ortho intramolecular Hbond substituents is 1. The van der Waals surface area contributed by atoms with Gasteiger partial charge in [0.2, 0.25) is 5.91 Å². The number of ether oxygens (including phenoxy) is 1. The van der Waals surface area contributed by atoms with Crippen molar-refractivity contribution in [1.82, 2.24) is 10.2 Å². The molecular formula is C24H30N2O4. The van der Waals surface area contributed by atoms with Gasteiger partial charge in [-0.2, -0.15) is 0 Å². The number of carbonyl (C=O) groups excluding carboxylic acids is 2. The zero-order valence-corrected chi connectivity index (χ0v) is 17.9. The van der Waals surface area contributed by atoms with Crippen molar-refractivity contribution in [3.8, 4) is 11.5 Å². The van der Waals surface area contributed by atoms with Crippen molar-refractivity contribution >= 4 is 12.0 Å². The van der Waals surface area contributed by atoms with E-state index in [1.165, 1.54) is 5.56 Å². The van der Waals surface area contributed by atoms with Crippen LogP contribution in [0, 0.1) is 12.8 Å². The van der Waals surface area contributed by atoms with Crippen LogP contribution in [0.1, 0.15) is 49.3 Å². The molecule has 2 aromatic carbocycles. The Bertz CT molecular complexity index is 885. The highest BCUT2D eigenvalue weighted by Crippen LogP contribution is 2.22.